The van der Waals surface area contributed by atoms with E-state index in [1.807, 2.05) is 5.57 Å². The fraction of sp³-hybridized carbons (Fsp3) is 0.933. The molecule has 0 aromatic heterocycles. The highest BCUT2D eigenvalue weighted by atomic mass is 16.3. The molecule has 0 heterocycles. The van der Waals surface area contributed by atoms with E-state index >= 15 is 0 Å². The molecule has 0 saturated heterocycles. The molecule has 176 valence electrons. The summed E-state index contributed by atoms with van der Waals surface area (Å²) in [5.74, 6) is 3.42. The van der Waals surface area contributed by atoms with Crippen LogP contribution in [0.5, 0.6) is 0 Å². The van der Waals surface area contributed by atoms with Crippen LogP contribution in [0.3, 0.4) is 0 Å². The van der Waals surface area contributed by atoms with Gasteiger partial charge in [-0.15, -0.1) is 0 Å². The van der Waals surface area contributed by atoms with Crippen molar-refractivity contribution in [3.8, 4) is 0 Å². The van der Waals surface area contributed by atoms with E-state index in [9.17, 15) is 5.11 Å². The summed E-state index contributed by atoms with van der Waals surface area (Å²) in [4.78, 5) is 0. The second kappa shape index (κ2) is 6.64. The lowest BCUT2D eigenvalue weighted by Gasteiger charge is -2.69. The highest BCUT2D eigenvalue weighted by Gasteiger charge is 2.70. The normalized spacial score (nSPS) is 55.7. The second-order valence-corrected chi connectivity index (χ2v) is 14.8. The van der Waals surface area contributed by atoms with Crippen molar-refractivity contribution in [1.29, 1.82) is 0 Å². The summed E-state index contributed by atoms with van der Waals surface area (Å²) in [5, 5.41) is 11.5. The van der Waals surface area contributed by atoms with Crippen LogP contribution in [0.4, 0.5) is 0 Å². The lowest BCUT2D eigenvalue weighted by Crippen LogP contribution is -2.62. The fourth-order valence-corrected chi connectivity index (χ4v) is 11.4. The molecule has 0 bridgehead atoms. The largest absolute Gasteiger partial charge is 0.393 e. The van der Waals surface area contributed by atoms with Gasteiger partial charge in [-0.3, -0.25) is 0 Å². The maximum absolute atomic E-state index is 11.5. The number of aliphatic hydroxyl groups is 1. The highest BCUT2D eigenvalue weighted by Crippen LogP contribution is 2.76. The van der Waals surface area contributed by atoms with Gasteiger partial charge in [-0.2, -0.15) is 0 Å². The molecule has 5 rings (SSSR count). The molecule has 0 aliphatic heterocycles. The van der Waals surface area contributed by atoms with E-state index in [0.29, 0.717) is 34.0 Å². The predicted octanol–water partition coefficient (Wildman–Crippen LogP) is 8.02. The number of rotatable bonds is 1. The Bertz CT molecular complexity index is 777. The van der Waals surface area contributed by atoms with Crippen molar-refractivity contribution in [3.05, 3.63) is 11.6 Å². The lowest BCUT2D eigenvalue weighted by molar-refractivity contribution is -0.162. The zero-order valence-electron chi connectivity index (χ0n) is 21.9. The van der Waals surface area contributed by atoms with E-state index < -0.39 is 0 Å². The summed E-state index contributed by atoms with van der Waals surface area (Å²) in [6.07, 6.45) is 14.5. The Labute approximate surface area is 192 Å². The van der Waals surface area contributed by atoms with Gasteiger partial charge in [-0.05, 0) is 108 Å². The summed E-state index contributed by atoms with van der Waals surface area (Å²) in [7, 11) is 0. The van der Waals surface area contributed by atoms with Crippen LogP contribution >= 0.6 is 0 Å². The van der Waals surface area contributed by atoms with E-state index in [-0.39, 0.29) is 16.9 Å². The molecule has 4 saturated carbocycles. The van der Waals surface area contributed by atoms with Gasteiger partial charge in [0.1, 0.15) is 0 Å². The Morgan fingerprint density at radius 1 is 0.903 bits per heavy atom. The fourth-order valence-electron chi connectivity index (χ4n) is 11.4. The Hall–Kier alpha value is -0.300. The molecule has 0 amide bonds. The topological polar surface area (TPSA) is 20.2 Å². The minimum absolute atomic E-state index is 0.111. The van der Waals surface area contributed by atoms with Crippen molar-refractivity contribution in [3.63, 3.8) is 0 Å². The van der Waals surface area contributed by atoms with E-state index in [4.69, 9.17) is 0 Å². The molecule has 9 unspecified atom stereocenters. The number of fused-ring (bicyclic) bond motifs is 7. The molecular weight excluding hydrogens is 376 g/mol. The van der Waals surface area contributed by atoms with Crippen LogP contribution in [0, 0.1) is 56.7 Å². The SMILES string of the molecule is CC(C)C1CC(O)C2C1(C)CCC1(C)C3=CCC4C(C)(C)CCCC4(C)C3CCC21C. The predicted molar refractivity (Wildman–Crippen MR) is 131 cm³/mol. The first-order valence-electron chi connectivity index (χ1n) is 13.7. The third-order valence-corrected chi connectivity index (χ3v) is 13.0. The van der Waals surface area contributed by atoms with Gasteiger partial charge in [-0.1, -0.05) is 73.5 Å². The lowest BCUT2D eigenvalue weighted by atomic mass is 9.35. The first-order chi connectivity index (χ1) is 14.3. The van der Waals surface area contributed by atoms with Crippen LogP contribution in [-0.4, -0.2) is 11.2 Å². The van der Waals surface area contributed by atoms with Crippen LogP contribution in [-0.2, 0) is 0 Å². The minimum Gasteiger partial charge on any atom is -0.393 e. The van der Waals surface area contributed by atoms with E-state index in [2.05, 4.69) is 61.5 Å². The Balaban J connectivity index is 1.57. The Morgan fingerprint density at radius 2 is 1.61 bits per heavy atom. The van der Waals surface area contributed by atoms with Gasteiger partial charge in [0.2, 0.25) is 0 Å². The third kappa shape index (κ3) is 2.65. The van der Waals surface area contributed by atoms with E-state index in [1.54, 1.807) is 0 Å². The molecule has 0 aromatic rings. The zero-order valence-corrected chi connectivity index (χ0v) is 21.9. The molecule has 4 fully saturated rings. The molecule has 0 radical (unpaired) electrons. The van der Waals surface area contributed by atoms with Crippen LogP contribution in [0.25, 0.3) is 0 Å². The number of hydrogen-bond donors (Lipinski definition) is 1. The minimum atomic E-state index is -0.111. The molecule has 1 N–H and O–H groups in total. The van der Waals surface area contributed by atoms with Crippen molar-refractivity contribution in [2.75, 3.05) is 0 Å². The maximum Gasteiger partial charge on any atom is 0.0582 e. The van der Waals surface area contributed by atoms with E-state index in [0.717, 1.165) is 18.3 Å². The summed E-state index contributed by atoms with van der Waals surface area (Å²) < 4.78 is 0. The second-order valence-electron chi connectivity index (χ2n) is 14.8. The monoisotopic (exact) mass is 426 g/mol. The van der Waals surface area contributed by atoms with E-state index in [1.165, 1.54) is 51.4 Å². The smallest absolute Gasteiger partial charge is 0.0582 e. The molecule has 9 atom stereocenters. The Morgan fingerprint density at radius 3 is 2.29 bits per heavy atom. The van der Waals surface area contributed by atoms with Gasteiger partial charge in [0, 0.05) is 0 Å². The molecule has 1 heteroatoms. The summed E-state index contributed by atoms with van der Waals surface area (Å²) in [6, 6.07) is 0. The van der Waals surface area contributed by atoms with Crippen LogP contribution < -0.4 is 0 Å². The Kier molecular flexibility index (Phi) is 4.82. The van der Waals surface area contributed by atoms with Crippen molar-refractivity contribution >= 4 is 0 Å². The quantitative estimate of drug-likeness (QED) is 0.421. The molecule has 5 aliphatic carbocycles. The summed E-state index contributed by atoms with van der Waals surface area (Å²) >= 11 is 0. The molecule has 5 aliphatic rings. The van der Waals surface area contributed by atoms with Crippen LogP contribution in [0.15, 0.2) is 11.6 Å². The van der Waals surface area contributed by atoms with Crippen LogP contribution in [0.2, 0.25) is 0 Å². The standard InChI is InChI=1S/C30H50O/c1-19(2)22-18-23(31)25-28(22,6)16-17-29(7)21-10-11-24-26(3,4)13-9-14-27(24,5)20(21)12-15-30(25,29)8/h10,19-20,22-25,31H,9,11-18H2,1-8H3. The number of allylic oxidation sites excluding steroid dienone is 2. The first kappa shape index (κ1) is 22.5. The van der Waals surface area contributed by atoms with Crippen molar-refractivity contribution < 1.29 is 5.11 Å². The van der Waals surface area contributed by atoms with Gasteiger partial charge in [-0.25, -0.2) is 0 Å². The molecular formula is C30H50O. The number of hydrogen-bond acceptors (Lipinski definition) is 1. The van der Waals surface area contributed by atoms with Gasteiger partial charge in [0.05, 0.1) is 6.10 Å². The molecule has 31 heavy (non-hydrogen) atoms. The average Bonchev–Trinajstić information content (AvgIpc) is 2.94. The third-order valence-electron chi connectivity index (χ3n) is 13.0. The average molecular weight is 427 g/mol. The van der Waals surface area contributed by atoms with Crippen LogP contribution in [0.1, 0.15) is 113 Å². The van der Waals surface area contributed by atoms with Crippen molar-refractivity contribution in [1.82, 2.24) is 0 Å². The van der Waals surface area contributed by atoms with Gasteiger partial charge in [0.15, 0.2) is 0 Å². The maximum atomic E-state index is 11.5. The number of aliphatic hydroxyl groups excluding tert-OH is 1. The first-order valence-corrected chi connectivity index (χ1v) is 13.7. The van der Waals surface area contributed by atoms with Gasteiger partial charge >= 0.3 is 0 Å². The van der Waals surface area contributed by atoms with Gasteiger partial charge < -0.3 is 5.11 Å². The highest BCUT2D eigenvalue weighted by molar-refractivity contribution is 5.34. The molecule has 0 aromatic carbocycles. The zero-order chi connectivity index (χ0) is 22.6. The molecule has 1 nitrogen and oxygen atoms in total. The summed E-state index contributed by atoms with van der Waals surface area (Å²) in [5.41, 5.74) is 3.60. The van der Waals surface area contributed by atoms with Crippen molar-refractivity contribution in [2.24, 2.45) is 56.7 Å². The molecule has 0 spiro atoms. The van der Waals surface area contributed by atoms with Crippen molar-refractivity contribution in [2.45, 2.75) is 119 Å². The summed E-state index contributed by atoms with van der Waals surface area (Å²) in [6.45, 7) is 20.4. The van der Waals surface area contributed by atoms with Gasteiger partial charge in [0.25, 0.3) is 0 Å².